The molecule has 1 fully saturated rings. The van der Waals surface area contributed by atoms with Crippen molar-refractivity contribution in [1.82, 2.24) is 5.32 Å². The van der Waals surface area contributed by atoms with Crippen molar-refractivity contribution >= 4 is 17.5 Å². The third-order valence-corrected chi connectivity index (χ3v) is 4.57. The number of carbonyl (C=O) groups is 1. The first-order valence-electron chi connectivity index (χ1n) is 8.35. The Bertz CT molecular complexity index is 517. The minimum atomic E-state index is -0.0721. The molecule has 1 amide bonds. The summed E-state index contributed by atoms with van der Waals surface area (Å²) < 4.78 is 5.53. The molecule has 0 spiro atoms. The molecule has 3 N–H and O–H groups in total. The maximum atomic E-state index is 11.8. The second kappa shape index (κ2) is 9.11. The van der Waals surface area contributed by atoms with Crippen molar-refractivity contribution in [2.45, 2.75) is 13.3 Å². The standard InChI is InChI=1S/C17H26ClN3O2/c1-14-12-15(18)4-5-16(14)23-13-17(22)19-6-3-7-21-10-8-20(2)9-11-21/h4-5,12H,3,6-11,13H2,1-2H3,(H,19,22)/p+2. The predicted molar refractivity (Wildman–Crippen MR) is 91.5 cm³/mol. The predicted octanol–water partition coefficient (Wildman–Crippen LogP) is -1.05. The van der Waals surface area contributed by atoms with Gasteiger partial charge in [0.05, 0.1) is 13.6 Å². The molecule has 0 aliphatic carbocycles. The summed E-state index contributed by atoms with van der Waals surface area (Å²) >= 11 is 5.90. The number of quaternary nitrogens is 2. The third kappa shape index (κ3) is 6.37. The van der Waals surface area contributed by atoms with Crippen molar-refractivity contribution in [1.29, 1.82) is 0 Å². The second-order valence-corrected chi connectivity index (χ2v) is 6.80. The van der Waals surface area contributed by atoms with Crippen LogP contribution in [0.4, 0.5) is 0 Å². The Labute approximate surface area is 143 Å². The van der Waals surface area contributed by atoms with Crippen LogP contribution in [-0.4, -0.2) is 58.8 Å². The van der Waals surface area contributed by atoms with Crippen LogP contribution in [0.25, 0.3) is 0 Å². The van der Waals surface area contributed by atoms with Gasteiger partial charge in [-0.1, -0.05) is 11.6 Å². The van der Waals surface area contributed by atoms with E-state index in [0.717, 1.165) is 18.5 Å². The molecule has 1 aromatic rings. The quantitative estimate of drug-likeness (QED) is 0.554. The van der Waals surface area contributed by atoms with E-state index in [0.29, 0.717) is 17.3 Å². The van der Waals surface area contributed by atoms with Gasteiger partial charge in [0.2, 0.25) is 0 Å². The summed E-state index contributed by atoms with van der Waals surface area (Å²) in [4.78, 5) is 15.1. The summed E-state index contributed by atoms with van der Waals surface area (Å²) in [6, 6.07) is 5.39. The molecular weight excluding hydrogens is 314 g/mol. The molecule has 0 atom stereocenters. The van der Waals surface area contributed by atoms with Gasteiger partial charge >= 0.3 is 0 Å². The summed E-state index contributed by atoms with van der Waals surface area (Å²) in [5, 5.41) is 3.60. The maximum absolute atomic E-state index is 11.8. The lowest BCUT2D eigenvalue weighted by Crippen LogP contribution is -3.27. The highest BCUT2D eigenvalue weighted by Gasteiger charge is 2.18. The summed E-state index contributed by atoms with van der Waals surface area (Å²) in [6.07, 6.45) is 1.01. The Hall–Kier alpha value is -1.30. The van der Waals surface area contributed by atoms with Crippen LogP contribution in [0.3, 0.4) is 0 Å². The van der Waals surface area contributed by atoms with Crippen LogP contribution < -0.4 is 19.9 Å². The number of benzene rings is 1. The molecule has 1 aromatic carbocycles. The fourth-order valence-corrected chi connectivity index (χ4v) is 3.04. The Morgan fingerprint density at radius 3 is 2.74 bits per heavy atom. The lowest BCUT2D eigenvalue weighted by molar-refractivity contribution is -1.00. The Morgan fingerprint density at radius 1 is 1.30 bits per heavy atom. The first kappa shape index (κ1) is 18.0. The number of likely N-dealkylation sites (N-methyl/N-ethyl adjacent to an activating group) is 1. The van der Waals surface area contributed by atoms with E-state index in [1.807, 2.05) is 13.0 Å². The third-order valence-electron chi connectivity index (χ3n) is 4.34. The van der Waals surface area contributed by atoms with Crippen molar-refractivity contribution in [2.75, 3.05) is 52.9 Å². The van der Waals surface area contributed by atoms with Crippen LogP contribution in [0.2, 0.25) is 5.02 Å². The largest absolute Gasteiger partial charge is 0.484 e. The van der Waals surface area contributed by atoms with Crippen molar-refractivity contribution in [2.24, 2.45) is 0 Å². The van der Waals surface area contributed by atoms with E-state index in [1.165, 1.54) is 26.2 Å². The fraction of sp³-hybridized carbons (Fsp3) is 0.588. The topological polar surface area (TPSA) is 47.2 Å². The van der Waals surface area contributed by atoms with Crippen molar-refractivity contribution in [3.63, 3.8) is 0 Å². The molecule has 2 rings (SSSR count). The lowest BCUT2D eigenvalue weighted by Gasteiger charge is -2.27. The lowest BCUT2D eigenvalue weighted by atomic mass is 10.2. The van der Waals surface area contributed by atoms with Gasteiger partial charge in [-0.05, 0) is 30.7 Å². The molecule has 0 saturated carbocycles. The van der Waals surface area contributed by atoms with Crippen LogP contribution in [-0.2, 0) is 4.79 Å². The van der Waals surface area contributed by atoms with E-state index < -0.39 is 0 Å². The first-order chi connectivity index (χ1) is 11.0. The van der Waals surface area contributed by atoms with Crippen molar-refractivity contribution in [3.05, 3.63) is 28.8 Å². The van der Waals surface area contributed by atoms with Gasteiger partial charge in [0.15, 0.2) is 6.61 Å². The number of halogens is 1. The molecule has 1 aliphatic heterocycles. The number of carbonyl (C=O) groups excluding carboxylic acids is 1. The highest BCUT2D eigenvalue weighted by atomic mass is 35.5. The van der Waals surface area contributed by atoms with Crippen LogP contribution in [0, 0.1) is 6.92 Å². The van der Waals surface area contributed by atoms with Gasteiger partial charge in [-0.2, -0.15) is 0 Å². The van der Waals surface area contributed by atoms with Gasteiger partial charge in [0, 0.05) is 18.0 Å². The number of nitrogens with one attached hydrogen (secondary N) is 3. The monoisotopic (exact) mass is 341 g/mol. The van der Waals surface area contributed by atoms with Gasteiger partial charge in [0.25, 0.3) is 5.91 Å². The molecule has 5 nitrogen and oxygen atoms in total. The Morgan fingerprint density at radius 2 is 2.04 bits per heavy atom. The van der Waals surface area contributed by atoms with E-state index in [1.54, 1.807) is 21.9 Å². The van der Waals surface area contributed by atoms with Gasteiger partial charge in [-0.15, -0.1) is 0 Å². The summed E-state index contributed by atoms with van der Waals surface area (Å²) in [5.41, 5.74) is 0.936. The molecule has 0 radical (unpaired) electrons. The molecule has 23 heavy (non-hydrogen) atoms. The zero-order valence-electron chi connectivity index (χ0n) is 14.1. The molecule has 1 aliphatic rings. The number of aryl methyl sites for hydroxylation is 1. The molecule has 1 saturated heterocycles. The van der Waals surface area contributed by atoms with Crippen LogP contribution >= 0.6 is 11.6 Å². The fourth-order valence-electron chi connectivity index (χ4n) is 2.82. The summed E-state index contributed by atoms with van der Waals surface area (Å²) in [6.45, 7) is 8.77. The summed E-state index contributed by atoms with van der Waals surface area (Å²) in [7, 11) is 2.25. The van der Waals surface area contributed by atoms with E-state index in [9.17, 15) is 4.79 Å². The van der Waals surface area contributed by atoms with Crippen LogP contribution in [0.15, 0.2) is 18.2 Å². The first-order valence-corrected chi connectivity index (χ1v) is 8.73. The van der Waals surface area contributed by atoms with E-state index in [4.69, 9.17) is 16.3 Å². The van der Waals surface area contributed by atoms with E-state index in [2.05, 4.69) is 12.4 Å². The van der Waals surface area contributed by atoms with Crippen molar-refractivity contribution < 1.29 is 19.3 Å². The number of piperazine rings is 1. The van der Waals surface area contributed by atoms with Crippen molar-refractivity contribution in [3.8, 4) is 5.75 Å². The smallest absolute Gasteiger partial charge is 0.257 e. The molecule has 6 heteroatoms. The van der Waals surface area contributed by atoms with E-state index in [-0.39, 0.29) is 12.5 Å². The average molecular weight is 342 g/mol. The average Bonchev–Trinajstić information content (AvgIpc) is 2.52. The van der Waals surface area contributed by atoms with Crippen LogP contribution in [0.5, 0.6) is 5.75 Å². The molecular formula is C17H28ClN3O2+2. The molecule has 0 unspecified atom stereocenters. The molecule has 0 aromatic heterocycles. The van der Waals surface area contributed by atoms with Gasteiger partial charge < -0.3 is 19.9 Å². The molecule has 1 heterocycles. The Kier molecular flexibility index (Phi) is 7.15. The molecule has 0 bridgehead atoms. The number of hydrogen-bond acceptors (Lipinski definition) is 2. The highest BCUT2D eigenvalue weighted by molar-refractivity contribution is 6.30. The molecule has 128 valence electrons. The van der Waals surface area contributed by atoms with Gasteiger partial charge in [-0.3, -0.25) is 4.79 Å². The SMILES string of the molecule is Cc1cc(Cl)ccc1OCC(=O)NCCC[NH+]1CC[NH+](C)CC1. The number of hydrogen-bond donors (Lipinski definition) is 3. The highest BCUT2D eigenvalue weighted by Crippen LogP contribution is 2.21. The number of amides is 1. The normalized spacial score (nSPS) is 21.0. The van der Waals surface area contributed by atoms with Gasteiger partial charge in [0.1, 0.15) is 31.9 Å². The number of rotatable bonds is 7. The second-order valence-electron chi connectivity index (χ2n) is 6.36. The minimum absolute atomic E-state index is 0.0488. The van der Waals surface area contributed by atoms with E-state index >= 15 is 0 Å². The minimum Gasteiger partial charge on any atom is -0.484 e. The zero-order chi connectivity index (χ0) is 16.7. The maximum Gasteiger partial charge on any atom is 0.257 e. The number of ether oxygens (including phenoxy) is 1. The summed E-state index contributed by atoms with van der Waals surface area (Å²) in [5.74, 6) is 0.631. The Balaban J connectivity index is 1.58. The van der Waals surface area contributed by atoms with Crippen LogP contribution in [0.1, 0.15) is 12.0 Å². The zero-order valence-corrected chi connectivity index (χ0v) is 14.8. The van der Waals surface area contributed by atoms with Gasteiger partial charge in [-0.25, -0.2) is 0 Å².